The zero-order valence-corrected chi connectivity index (χ0v) is 12.8. The maximum absolute atomic E-state index is 9.82. The van der Waals surface area contributed by atoms with Crippen molar-refractivity contribution < 1.29 is 5.11 Å². The van der Waals surface area contributed by atoms with Crippen LogP contribution in [-0.2, 0) is 0 Å². The van der Waals surface area contributed by atoms with E-state index in [1.807, 2.05) is 12.1 Å². The predicted molar refractivity (Wildman–Crippen MR) is 92.3 cm³/mol. The Morgan fingerprint density at radius 3 is 1.59 bits per heavy atom. The molecule has 0 aliphatic carbocycles. The molecule has 0 saturated carbocycles. The highest BCUT2D eigenvalue weighted by atomic mass is 16.3. The highest BCUT2D eigenvalue weighted by Crippen LogP contribution is 2.35. The van der Waals surface area contributed by atoms with Gasteiger partial charge in [-0.25, -0.2) is 0 Å². The third-order valence-corrected chi connectivity index (χ3v) is 3.67. The molecule has 0 unspecified atom stereocenters. The quantitative estimate of drug-likeness (QED) is 0.690. The van der Waals surface area contributed by atoms with Crippen molar-refractivity contribution in [3.63, 3.8) is 0 Å². The van der Waals surface area contributed by atoms with Gasteiger partial charge in [0.05, 0.1) is 0 Å². The van der Waals surface area contributed by atoms with Crippen molar-refractivity contribution in [3.8, 4) is 5.75 Å². The summed E-state index contributed by atoms with van der Waals surface area (Å²) in [6, 6.07) is 24.1. The van der Waals surface area contributed by atoms with Crippen LogP contribution in [0.5, 0.6) is 5.75 Å². The van der Waals surface area contributed by atoms with E-state index in [1.165, 1.54) is 11.1 Å². The van der Waals surface area contributed by atoms with Gasteiger partial charge in [0.25, 0.3) is 0 Å². The Hall–Kier alpha value is -2.74. The fraction of sp³-hybridized carbons (Fsp3) is 0.100. The molecule has 0 aromatic heterocycles. The number of nitrogens with zero attached hydrogens (tertiary/aromatic N) is 1. The SMILES string of the molecule is Cc1ccc(N(c2ccc(C)cc2)c2cccc(O)c2)cc1. The Bertz CT molecular complexity index is 715. The van der Waals surface area contributed by atoms with Gasteiger partial charge in [0.15, 0.2) is 0 Å². The zero-order valence-electron chi connectivity index (χ0n) is 12.8. The molecule has 2 heteroatoms. The molecular weight excluding hydrogens is 270 g/mol. The summed E-state index contributed by atoms with van der Waals surface area (Å²) in [5.74, 6) is 0.265. The molecule has 0 saturated heterocycles. The molecule has 0 spiro atoms. The Balaban J connectivity index is 2.13. The lowest BCUT2D eigenvalue weighted by Crippen LogP contribution is -2.09. The van der Waals surface area contributed by atoms with Crippen molar-refractivity contribution in [1.82, 2.24) is 0 Å². The number of phenolic OH excluding ortho intramolecular Hbond substituents is 1. The van der Waals surface area contributed by atoms with E-state index in [0.29, 0.717) is 0 Å². The Morgan fingerprint density at radius 1 is 0.636 bits per heavy atom. The summed E-state index contributed by atoms with van der Waals surface area (Å²) in [4.78, 5) is 2.14. The van der Waals surface area contributed by atoms with Crippen molar-refractivity contribution >= 4 is 17.1 Å². The Kier molecular flexibility index (Phi) is 3.84. The average molecular weight is 289 g/mol. The third-order valence-electron chi connectivity index (χ3n) is 3.67. The lowest BCUT2D eigenvalue weighted by Gasteiger charge is -2.25. The van der Waals surface area contributed by atoms with Gasteiger partial charge in [-0.1, -0.05) is 41.5 Å². The van der Waals surface area contributed by atoms with E-state index in [0.717, 1.165) is 17.1 Å². The highest BCUT2D eigenvalue weighted by molar-refractivity contribution is 5.77. The first kappa shape index (κ1) is 14.2. The van der Waals surface area contributed by atoms with Gasteiger partial charge in [0.1, 0.15) is 5.75 Å². The minimum atomic E-state index is 0.265. The first-order valence-corrected chi connectivity index (χ1v) is 7.36. The van der Waals surface area contributed by atoms with Crippen LogP contribution in [0.2, 0.25) is 0 Å². The van der Waals surface area contributed by atoms with Gasteiger partial charge in [-0.15, -0.1) is 0 Å². The van der Waals surface area contributed by atoms with E-state index in [9.17, 15) is 5.11 Å². The number of rotatable bonds is 3. The molecule has 0 fully saturated rings. The van der Waals surface area contributed by atoms with Crippen LogP contribution in [0.3, 0.4) is 0 Å². The van der Waals surface area contributed by atoms with Crippen LogP contribution in [0.15, 0.2) is 72.8 Å². The van der Waals surface area contributed by atoms with E-state index in [4.69, 9.17) is 0 Å². The van der Waals surface area contributed by atoms with E-state index < -0.39 is 0 Å². The Labute approximate surface area is 131 Å². The molecule has 0 bridgehead atoms. The van der Waals surface area contributed by atoms with Gasteiger partial charge >= 0.3 is 0 Å². The number of aromatic hydroxyl groups is 1. The van der Waals surface area contributed by atoms with Crippen LogP contribution in [0, 0.1) is 13.8 Å². The molecule has 3 aromatic rings. The average Bonchev–Trinajstić information content (AvgIpc) is 2.51. The highest BCUT2D eigenvalue weighted by Gasteiger charge is 2.12. The van der Waals surface area contributed by atoms with Gasteiger partial charge in [-0.05, 0) is 50.2 Å². The molecule has 110 valence electrons. The van der Waals surface area contributed by atoms with Crippen LogP contribution in [0.25, 0.3) is 0 Å². The first-order chi connectivity index (χ1) is 10.6. The molecule has 2 nitrogen and oxygen atoms in total. The molecule has 3 rings (SSSR count). The Morgan fingerprint density at radius 2 is 1.14 bits per heavy atom. The summed E-state index contributed by atoms with van der Waals surface area (Å²) in [7, 11) is 0. The molecule has 0 amide bonds. The maximum atomic E-state index is 9.82. The van der Waals surface area contributed by atoms with Crippen LogP contribution in [-0.4, -0.2) is 5.11 Å². The summed E-state index contributed by atoms with van der Waals surface area (Å²) in [6.07, 6.45) is 0. The third kappa shape index (κ3) is 2.96. The number of hydrogen-bond donors (Lipinski definition) is 1. The molecule has 1 N–H and O–H groups in total. The molecule has 0 atom stereocenters. The second kappa shape index (κ2) is 5.94. The van der Waals surface area contributed by atoms with Crippen molar-refractivity contribution in [2.45, 2.75) is 13.8 Å². The van der Waals surface area contributed by atoms with Crippen molar-refractivity contribution in [2.75, 3.05) is 4.90 Å². The minimum Gasteiger partial charge on any atom is -0.508 e. The summed E-state index contributed by atoms with van der Waals surface area (Å²) in [5.41, 5.74) is 5.53. The first-order valence-electron chi connectivity index (χ1n) is 7.36. The van der Waals surface area contributed by atoms with Crippen LogP contribution in [0.4, 0.5) is 17.1 Å². The molecule has 0 aliphatic heterocycles. The minimum absolute atomic E-state index is 0.265. The monoisotopic (exact) mass is 289 g/mol. The molecule has 0 aliphatic rings. The van der Waals surface area contributed by atoms with Crippen LogP contribution < -0.4 is 4.90 Å². The lowest BCUT2D eigenvalue weighted by molar-refractivity contribution is 0.475. The van der Waals surface area contributed by atoms with E-state index in [-0.39, 0.29) is 5.75 Å². The van der Waals surface area contributed by atoms with E-state index in [2.05, 4.69) is 67.3 Å². The molecule has 0 heterocycles. The second-order valence-electron chi connectivity index (χ2n) is 5.53. The van der Waals surface area contributed by atoms with Crippen LogP contribution >= 0.6 is 0 Å². The fourth-order valence-electron chi connectivity index (χ4n) is 2.47. The normalized spacial score (nSPS) is 10.5. The molecule has 3 aromatic carbocycles. The van der Waals surface area contributed by atoms with Gasteiger partial charge in [0.2, 0.25) is 0 Å². The van der Waals surface area contributed by atoms with Crippen molar-refractivity contribution in [1.29, 1.82) is 0 Å². The number of anilines is 3. The van der Waals surface area contributed by atoms with Gasteiger partial charge in [0, 0.05) is 23.1 Å². The molecular formula is C20H19NO. The summed E-state index contributed by atoms with van der Waals surface area (Å²) >= 11 is 0. The number of benzene rings is 3. The standard InChI is InChI=1S/C20H19NO/c1-15-6-10-17(11-7-15)21(18-12-8-16(2)9-13-18)19-4-3-5-20(22)14-19/h3-14,22H,1-2H3. The summed E-state index contributed by atoms with van der Waals surface area (Å²) in [6.45, 7) is 4.16. The van der Waals surface area contributed by atoms with Gasteiger partial charge < -0.3 is 10.0 Å². The van der Waals surface area contributed by atoms with Crippen molar-refractivity contribution in [3.05, 3.63) is 83.9 Å². The fourth-order valence-corrected chi connectivity index (χ4v) is 2.47. The zero-order chi connectivity index (χ0) is 15.5. The summed E-state index contributed by atoms with van der Waals surface area (Å²) in [5, 5.41) is 9.82. The van der Waals surface area contributed by atoms with Crippen molar-refractivity contribution in [2.24, 2.45) is 0 Å². The molecule has 22 heavy (non-hydrogen) atoms. The number of hydrogen-bond acceptors (Lipinski definition) is 2. The second-order valence-corrected chi connectivity index (χ2v) is 5.53. The molecule has 0 radical (unpaired) electrons. The van der Waals surface area contributed by atoms with E-state index in [1.54, 1.807) is 12.1 Å². The lowest BCUT2D eigenvalue weighted by atomic mass is 10.1. The van der Waals surface area contributed by atoms with Gasteiger partial charge in [-0.3, -0.25) is 0 Å². The van der Waals surface area contributed by atoms with Gasteiger partial charge in [-0.2, -0.15) is 0 Å². The predicted octanol–water partition coefficient (Wildman–Crippen LogP) is 5.48. The summed E-state index contributed by atoms with van der Waals surface area (Å²) < 4.78 is 0. The largest absolute Gasteiger partial charge is 0.508 e. The smallest absolute Gasteiger partial charge is 0.117 e. The number of aryl methyl sites for hydroxylation is 2. The maximum Gasteiger partial charge on any atom is 0.117 e. The van der Waals surface area contributed by atoms with E-state index >= 15 is 0 Å². The number of phenols is 1. The van der Waals surface area contributed by atoms with Crippen LogP contribution in [0.1, 0.15) is 11.1 Å². The topological polar surface area (TPSA) is 23.5 Å².